The summed E-state index contributed by atoms with van der Waals surface area (Å²) < 4.78 is 12.3. The summed E-state index contributed by atoms with van der Waals surface area (Å²) in [6, 6.07) is 17.0. The van der Waals surface area contributed by atoms with Crippen LogP contribution in [0.15, 0.2) is 59.4 Å². The van der Waals surface area contributed by atoms with Gasteiger partial charge in [0.2, 0.25) is 5.43 Å². The zero-order valence-electron chi connectivity index (χ0n) is 16.0. The van der Waals surface area contributed by atoms with Gasteiger partial charge in [-0.05, 0) is 18.2 Å². The van der Waals surface area contributed by atoms with Gasteiger partial charge in [0.05, 0.1) is 34.6 Å². The quantitative estimate of drug-likeness (QED) is 0.472. The number of nitrogens with zero attached hydrogens (tertiary/aromatic N) is 1. The molecule has 2 aromatic heterocycles. The summed E-state index contributed by atoms with van der Waals surface area (Å²) in [5.41, 5.74) is 2.81. The highest BCUT2D eigenvalue weighted by Gasteiger charge is 2.22. The molecule has 0 atom stereocenters. The lowest BCUT2D eigenvalue weighted by Crippen LogP contribution is -2.07. The van der Waals surface area contributed by atoms with Crippen LogP contribution in [0.1, 0.15) is 10.4 Å². The van der Waals surface area contributed by atoms with Gasteiger partial charge in [0, 0.05) is 28.8 Å². The van der Waals surface area contributed by atoms with Crippen molar-refractivity contribution < 1.29 is 14.3 Å². The highest BCUT2D eigenvalue weighted by molar-refractivity contribution is 6.19. The zero-order valence-corrected chi connectivity index (χ0v) is 16.0. The molecule has 6 heteroatoms. The molecule has 29 heavy (non-hydrogen) atoms. The minimum atomic E-state index is -0.502. The molecule has 0 unspecified atom stereocenters. The van der Waals surface area contributed by atoms with Crippen LogP contribution in [0.25, 0.3) is 43.6 Å². The van der Waals surface area contributed by atoms with E-state index in [4.69, 9.17) is 9.47 Å². The lowest BCUT2D eigenvalue weighted by Gasteiger charge is -2.07. The number of fused-ring (bicyclic) bond motifs is 6. The van der Waals surface area contributed by atoms with Crippen molar-refractivity contribution in [2.45, 2.75) is 6.73 Å². The molecule has 0 amide bonds. The molecule has 144 valence electrons. The lowest BCUT2D eigenvalue weighted by atomic mass is 10.1. The van der Waals surface area contributed by atoms with Gasteiger partial charge in [0.25, 0.3) is 0 Å². The summed E-state index contributed by atoms with van der Waals surface area (Å²) in [5, 5.41) is 2.81. The van der Waals surface area contributed by atoms with E-state index in [9.17, 15) is 9.59 Å². The van der Waals surface area contributed by atoms with Crippen molar-refractivity contribution in [1.82, 2.24) is 9.55 Å². The molecule has 6 nitrogen and oxygen atoms in total. The van der Waals surface area contributed by atoms with Crippen LogP contribution in [-0.2, 0) is 16.2 Å². The summed E-state index contributed by atoms with van der Waals surface area (Å²) in [5.74, 6) is -0.502. The van der Waals surface area contributed by atoms with Gasteiger partial charge in [-0.3, -0.25) is 4.79 Å². The van der Waals surface area contributed by atoms with Crippen LogP contribution in [0.3, 0.4) is 0 Å². The van der Waals surface area contributed by atoms with Crippen LogP contribution in [-0.4, -0.2) is 29.7 Å². The summed E-state index contributed by atoms with van der Waals surface area (Å²) in [7, 11) is 2.92. The molecule has 0 aliphatic heterocycles. The van der Waals surface area contributed by atoms with Crippen LogP contribution in [0.2, 0.25) is 0 Å². The third-order valence-electron chi connectivity index (χ3n) is 5.38. The number of ether oxygens (including phenoxy) is 2. The van der Waals surface area contributed by atoms with E-state index >= 15 is 0 Å². The second-order valence-electron chi connectivity index (χ2n) is 6.92. The number of aromatic amines is 1. The highest BCUT2D eigenvalue weighted by atomic mass is 16.5. The molecule has 0 saturated heterocycles. The van der Waals surface area contributed by atoms with Crippen molar-refractivity contribution in [3.8, 4) is 0 Å². The second-order valence-corrected chi connectivity index (χ2v) is 6.92. The van der Waals surface area contributed by atoms with E-state index in [-0.39, 0.29) is 12.2 Å². The number of hydrogen-bond acceptors (Lipinski definition) is 4. The number of aromatic nitrogens is 2. The number of hydrogen-bond donors (Lipinski definition) is 1. The maximum absolute atomic E-state index is 13.7. The Morgan fingerprint density at radius 1 is 1.00 bits per heavy atom. The third-order valence-corrected chi connectivity index (χ3v) is 5.38. The Morgan fingerprint density at radius 2 is 1.72 bits per heavy atom. The van der Waals surface area contributed by atoms with Gasteiger partial charge in [-0.15, -0.1) is 0 Å². The monoisotopic (exact) mass is 386 g/mol. The molecule has 1 N–H and O–H groups in total. The molecular weight excluding hydrogens is 368 g/mol. The number of benzene rings is 2. The number of esters is 1. The van der Waals surface area contributed by atoms with Crippen molar-refractivity contribution in [2.75, 3.05) is 14.2 Å². The van der Waals surface area contributed by atoms with Gasteiger partial charge in [-0.1, -0.05) is 36.4 Å². The first-order valence-electron chi connectivity index (χ1n) is 9.21. The molecule has 0 aliphatic carbocycles. The Kier molecular flexibility index (Phi) is 3.89. The van der Waals surface area contributed by atoms with Crippen LogP contribution >= 0.6 is 0 Å². The number of nitrogens with one attached hydrogen (secondary N) is 1. The molecule has 0 saturated carbocycles. The molecule has 0 aliphatic rings. The number of para-hydroxylation sites is 2. The van der Waals surface area contributed by atoms with Gasteiger partial charge in [0.1, 0.15) is 6.73 Å². The fraction of sp³-hybridized carbons (Fsp3) is 0.130. The van der Waals surface area contributed by atoms with E-state index < -0.39 is 5.97 Å². The van der Waals surface area contributed by atoms with Crippen molar-refractivity contribution >= 4 is 49.6 Å². The second kappa shape index (κ2) is 6.46. The molecule has 2 heterocycles. The van der Waals surface area contributed by atoms with E-state index in [0.717, 1.165) is 21.8 Å². The number of carbonyl (C=O) groups excluding carboxylic acids is 1. The summed E-state index contributed by atoms with van der Waals surface area (Å²) in [6.45, 7) is 0.201. The van der Waals surface area contributed by atoms with Crippen LogP contribution in [0.4, 0.5) is 0 Å². The number of rotatable bonds is 3. The smallest absolute Gasteiger partial charge is 0.340 e. The Labute approximate surface area is 165 Å². The molecule has 5 aromatic rings. The average Bonchev–Trinajstić information content (AvgIpc) is 3.24. The van der Waals surface area contributed by atoms with Crippen LogP contribution in [0, 0.1) is 0 Å². The standard InChI is InChI=1S/C23H18N2O4/c1-28-12-25-18-10-6-4-8-14(18)19-21(25)16(23(27)29-2)11-15-13-7-3-5-9-17(13)24-20(15)22(19)26/h3-11,24H,12H2,1-2H3. The summed E-state index contributed by atoms with van der Waals surface area (Å²) >= 11 is 0. The lowest BCUT2D eigenvalue weighted by molar-refractivity contribution is 0.0602. The largest absolute Gasteiger partial charge is 0.465 e. The minimum absolute atomic E-state index is 0.160. The highest BCUT2D eigenvalue weighted by Crippen LogP contribution is 2.32. The van der Waals surface area contributed by atoms with Gasteiger partial charge < -0.3 is 19.0 Å². The maximum Gasteiger partial charge on any atom is 0.340 e. The first-order valence-corrected chi connectivity index (χ1v) is 9.21. The SMILES string of the molecule is COCn1c2ccccc2c2c(=O)c3[nH]c4ccccc4c3cc(C(=O)OC)c21. The topological polar surface area (TPSA) is 73.3 Å². The van der Waals surface area contributed by atoms with Crippen LogP contribution < -0.4 is 5.43 Å². The van der Waals surface area contributed by atoms with Crippen molar-refractivity contribution in [3.63, 3.8) is 0 Å². The Morgan fingerprint density at radius 3 is 2.48 bits per heavy atom. The van der Waals surface area contributed by atoms with Crippen molar-refractivity contribution in [1.29, 1.82) is 0 Å². The third kappa shape index (κ3) is 2.39. The molecular formula is C23H18N2O4. The van der Waals surface area contributed by atoms with E-state index in [0.29, 0.717) is 27.4 Å². The van der Waals surface area contributed by atoms with E-state index in [1.165, 1.54) is 7.11 Å². The normalized spacial score (nSPS) is 11.7. The van der Waals surface area contributed by atoms with Crippen LogP contribution in [0.5, 0.6) is 0 Å². The molecule has 0 fully saturated rings. The Bertz CT molecular complexity index is 1490. The fourth-order valence-electron chi connectivity index (χ4n) is 4.17. The van der Waals surface area contributed by atoms with Crippen molar-refractivity contribution in [2.24, 2.45) is 0 Å². The van der Waals surface area contributed by atoms with Gasteiger partial charge in [-0.25, -0.2) is 4.79 Å². The van der Waals surface area contributed by atoms with Gasteiger partial charge in [0.15, 0.2) is 0 Å². The fourth-order valence-corrected chi connectivity index (χ4v) is 4.17. The molecule has 0 radical (unpaired) electrons. The molecule has 3 aromatic carbocycles. The summed E-state index contributed by atoms with van der Waals surface area (Å²) in [4.78, 5) is 29.8. The molecule has 5 rings (SSSR count). The summed E-state index contributed by atoms with van der Waals surface area (Å²) in [6.07, 6.45) is 0. The minimum Gasteiger partial charge on any atom is -0.465 e. The number of H-pyrrole nitrogens is 1. The number of carbonyl (C=O) groups is 1. The predicted molar refractivity (Wildman–Crippen MR) is 113 cm³/mol. The first-order chi connectivity index (χ1) is 14.2. The molecule has 0 spiro atoms. The zero-order chi connectivity index (χ0) is 20.1. The Balaban J connectivity index is 2.15. The average molecular weight is 386 g/mol. The van der Waals surface area contributed by atoms with Crippen molar-refractivity contribution in [3.05, 3.63) is 70.4 Å². The van der Waals surface area contributed by atoms with Gasteiger partial charge >= 0.3 is 5.97 Å². The van der Waals surface area contributed by atoms with E-state index in [1.54, 1.807) is 13.2 Å². The Hall–Kier alpha value is -3.64. The maximum atomic E-state index is 13.7. The number of methoxy groups -OCH3 is 2. The molecule has 0 bridgehead atoms. The van der Waals surface area contributed by atoms with Gasteiger partial charge in [-0.2, -0.15) is 0 Å². The van der Waals surface area contributed by atoms with E-state index in [1.807, 2.05) is 53.1 Å². The predicted octanol–water partition coefficient (Wildman–Crippen LogP) is 4.18. The van der Waals surface area contributed by atoms with E-state index in [2.05, 4.69) is 4.98 Å². The first kappa shape index (κ1) is 17.5.